The lowest BCUT2D eigenvalue weighted by molar-refractivity contribution is -0.122. The number of amides is 1. The number of aryl methyl sites for hydroxylation is 1. The molecule has 0 aromatic carbocycles. The second-order valence-corrected chi connectivity index (χ2v) is 13.2. The van der Waals surface area contributed by atoms with Crippen LogP contribution < -0.4 is 9.62 Å². The summed E-state index contributed by atoms with van der Waals surface area (Å²) in [7, 11) is -4.28. The Kier molecular flexibility index (Phi) is 7.84. The van der Waals surface area contributed by atoms with Gasteiger partial charge in [0.05, 0.1) is 41.3 Å². The normalized spacial score (nSPS) is 21.6. The number of β-amino-alcohol motifs (C(OH)–C–C–N with tert-alkyl or cyclic N) is 1. The number of aliphatic hydroxyl groups excluding tert-OH is 1. The van der Waals surface area contributed by atoms with E-state index in [2.05, 4.69) is 20.3 Å². The molecule has 2 N–H and O–H groups in total. The first-order valence-corrected chi connectivity index (χ1v) is 14.2. The summed E-state index contributed by atoms with van der Waals surface area (Å²) >= 11 is 0. The van der Waals surface area contributed by atoms with Gasteiger partial charge in [0.2, 0.25) is 5.91 Å². The van der Waals surface area contributed by atoms with Gasteiger partial charge in [-0.2, -0.15) is 13.9 Å². The van der Waals surface area contributed by atoms with Crippen molar-refractivity contribution in [1.82, 2.24) is 19.7 Å². The third kappa shape index (κ3) is 5.84. The lowest BCUT2D eigenvalue weighted by Gasteiger charge is -2.36. The topological polar surface area (TPSA) is 121 Å². The maximum Gasteiger partial charge on any atom is 0.333 e. The van der Waals surface area contributed by atoms with E-state index in [0.29, 0.717) is 54.2 Å². The average molecular weight is 555 g/mol. The molecule has 0 radical (unpaired) electrons. The summed E-state index contributed by atoms with van der Waals surface area (Å²) in [5.74, 6) is -0.674. The number of pyridine rings is 1. The van der Waals surface area contributed by atoms with E-state index >= 15 is 0 Å². The van der Waals surface area contributed by atoms with E-state index in [-0.39, 0.29) is 40.3 Å². The number of hydrogen-bond acceptors (Lipinski definition) is 7. The standard InChI is InChI=1S/C25H36F2N6O4S/c1-15(25(3,4)5)23(35)29-18-9-21-20(28-10-18)8-17(11-31-7-6-19(34)13-31)12-33(21)38(36,37)22-14-32(24(26)27)30-16(22)2/h9-10,14-15,17,19,24,34H,6-8,11-13H2,1-5H3,(H,29,35)/t15?,17?,19-/m1/s1. The maximum absolute atomic E-state index is 13.9. The number of nitrogens with one attached hydrogen (secondary N) is 1. The molecule has 4 heterocycles. The maximum atomic E-state index is 13.9. The molecule has 1 amide bonds. The van der Waals surface area contributed by atoms with Gasteiger partial charge in [-0.05, 0) is 37.2 Å². The van der Waals surface area contributed by atoms with E-state index in [1.165, 1.54) is 17.4 Å². The van der Waals surface area contributed by atoms with E-state index in [1.807, 2.05) is 27.7 Å². The first-order chi connectivity index (χ1) is 17.7. The van der Waals surface area contributed by atoms with Gasteiger partial charge in [-0.3, -0.25) is 14.1 Å². The number of aromatic nitrogens is 3. The van der Waals surface area contributed by atoms with E-state index in [0.717, 1.165) is 6.20 Å². The van der Waals surface area contributed by atoms with Crippen molar-refractivity contribution in [2.45, 2.75) is 65.0 Å². The molecule has 0 bridgehead atoms. The highest BCUT2D eigenvalue weighted by Crippen LogP contribution is 2.37. The first-order valence-electron chi connectivity index (χ1n) is 12.7. The van der Waals surface area contributed by atoms with Crippen LogP contribution in [0.4, 0.5) is 20.2 Å². The monoisotopic (exact) mass is 554 g/mol. The van der Waals surface area contributed by atoms with Gasteiger partial charge in [-0.25, -0.2) is 13.1 Å². The number of aliphatic hydroxyl groups is 1. The first kappa shape index (κ1) is 28.4. The van der Waals surface area contributed by atoms with Gasteiger partial charge >= 0.3 is 6.55 Å². The molecule has 2 unspecified atom stereocenters. The number of alkyl halides is 2. The number of hydrogen-bond donors (Lipinski definition) is 2. The number of carbonyl (C=O) groups is 1. The number of likely N-dealkylation sites (tertiary alicyclic amines) is 1. The van der Waals surface area contributed by atoms with Gasteiger partial charge in [-0.15, -0.1) is 0 Å². The molecule has 210 valence electrons. The molecule has 13 heteroatoms. The van der Waals surface area contributed by atoms with Crippen LogP contribution in [-0.4, -0.2) is 71.4 Å². The molecular formula is C25H36F2N6O4S. The van der Waals surface area contributed by atoms with Crippen LogP contribution in [0.15, 0.2) is 23.4 Å². The molecular weight excluding hydrogens is 518 g/mol. The number of halogens is 2. The Bertz CT molecular complexity index is 1290. The minimum atomic E-state index is -4.28. The predicted molar refractivity (Wildman–Crippen MR) is 138 cm³/mol. The van der Waals surface area contributed by atoms with Crippen molar-refractivity contribution in [2.75, 3.05) is 35.8 Å². The summed E-state index contributed by atoms with van der Waals surface area (Å²) in [6.07, 6.45) is 3.10. The number of anilines is 2. The van der Waals surface area contributed by atoms with Crippen molar-refractivity contribution in [1.29, 1.82) is 0 Å². The smallest absolute Gasteiger partial charge is 0.333 e. The Morgan fingerprint density at radius 1 is 1.29 bits per heavy atom. The van der Waals surface area contributed by atoms with Gasteiger partial charge in [0, 0.05) is 32.1 Å². The lowest BCUT2D eigenvalue weighted by Crippen LogP contribution is -2.44. The predicted octanol–water partition coefficient (Wildman–Crippen LogP) is 3.04. The summed E-state index contributed by atoms with van der Waals surface area (Å²) in [6, 6.07) is 1.58. The molecule has 2 aromatic heterocycles. The van der Waals surface area contributed by atoms with Crippen molar-refractivity contribution in [3.8, 4) is 0 Å². The minimum Gasteiger partial charge on any atom is -0.392 e. The fourth-order valence-corrected chi connectivity index (χ4v) is 6.58. The Morgan fingerprint density at radius 2 is 2.00 bits per heavy atom. The fraction of sp³-hybridized carbons (Fsp3) is 0.640. The summed E-state index contributed by atoms with van der Waals surface area (Å²) < 4.78 is 55.9. The average Bonchev–Trinajstić information content (AvgIpc) is 3.43. The van der Waals surface area contributed by atoms with Gasteiger partial charge < -0.3 is 15.3 Å². The van der Waals surface area contributed by atoms with Crippen molar-refractivity contribution >= 4 is 27.3 Å². The molecule has 0 aliphatic carbocycles. The van der Waals surface area contributed by atoms with Crippen LogP contribution in [0, 0.1) is 24.2 Å². The lowest BCUT2D eigenvalue weighted by atomic mass is 9.81. The van der Waals surface area contributed by atoms with Gasteiger partial charge in [0.25, 0.3) is 10.0 Å². The van der Waals surface area contributed by atoms with Crippen molar-refractivity contribution < 1.29 is 27.1 Å². The van der Waals surface area contributed by atoms with Gasteiger partial charge in [0.15, 0.2) is 0 Å². The van der Waals surface area contributed by atoms with Gasteiger partial charge in [0.1, 0.15) is 4.90 Å². The molecule has 2 aromatic rings. The van der Waals surface area contributed by atoms with E-state index < -0.39 is 22.7 Å². The third-order valence-corrected chi connectivity index (χ3v) is 9.37. The number of rotatable bonds is 7. The summed E-state index contributed by atoms with van der Waals surface area (Å²) in [5, 5.41) is 16.5. The zero-order valence-electron chi connectivity index (χ0n) is 22.4. The quantitative estimate of drug-likeness (QED) is 0.540. The molecule has 2 aliphatic rings. The third-order valence-electron chi connectivity index (χ3n) is 7.49. The highest BCUT2D eigenvalue weighted by molar-refractivity contribution is 7.92. The van der Waals surface area contributed by atoms with Crippen LogP contribution in [0.1, 0.15) is 52.1 Å². The zero-order chi connectivity index (χ0) is 28.0. The number of nitrogens with zero attached hydrogens (tertiary/aromatic N) is 5. The van der Waals surface area contributed by atoms with Crippen LogP contribution in [0.3, 0.4) is 0 Å². The largest absolute Gasteiger partial charge is 0.392 e. The van der Waals surface area contributed by atoms with Crippen molar-refractivity contribution in [3.05, 3.63) is 29.8 Å². The molecule has 4 rings (SSSR count). The summed E-state index contributed by atoms with van der Waals surface area (Å²) in [4.78, 5) is 19.1. The molecule has 0 spiro atoms. The van der Waals surface area contributed by atoms with Crippen molar-refractivity contribution in [3.63, 3.8) is 0 Å². The minimum absolute atomic E-state index is 0.0342. The molecule has 10 nitrogen and oxygen atoms in total. The second-order valence-electron chi connectivity index (χ2n) is 11.4. The van der Waals surface area contributed by atoms with Crippen molar-refractivity contribution in [2.24, 2.45) is 17.3 Å². The Morgan fingerprint density at radius 3 is 2.58 bits per heavy atom. The van der Waals surface area contributed by atoms with E-state index in [9.17, 15) is 27.1 Å². The number of fused-ring (bicyclic) bond motifs is 1. The van der Waals surface area contributed by atoms with Crippen LogP contribution in [0.5, 0.6) is 0 Å². The molecule has 2 aliphatic heterocycles. The fourth-order valence-electron chi connectivity index (χ4n) is 4.87. The van der Waals surface area contributed by atoms with Gasteiger partial charge in [-0.1, -0.05) is 27.7 Å². The molecule has 1 fully saturated rings. The highest BCUT2D eigenvalue weighted by atomic mass is 32.2. The molecule has 3 atom stereocenters. The highest BCUT2D eigenvalue weighted by Gasteiger charge is 2.38. The summed E-state index contributed by atoms with van der Waals surface area (Å²) in [6.45, 7) is 7.97. The second kappa shape index (κ2) is 10.5. The van der Waals surface area contributed by atoms with Crippen LogP contribution in [0.2, 0.25) is 0 Å². The molecule has 38 heavy (non-hydrogen) atoms. The summed E-state index contributed by atoms with van der Waals surface area (Å²) in [5.41, 5.74) is 0.873. The molecule has 0 saturated carbocycles. The zero-order valence-corrected chi connectivity index (χ0v) is 23.2. The van der Waals surface area contributed by atoms with Crippen LogP contribution >= 0.6 is 0 Å². The Balaban J connectivity index is 1.70. The molecule has 1 saturated heterocycles. The Hall–Kier alpha value is -2.64. The number of sulfonamides is 1. The van der Waals surface area contributed by atoms with E-state index in [4.69, 9.17) is 0 Å². The number of carbonyl (C=O) groups excluding carboxylic acids is 1. The van der Waals surface area contributed by atoms with Crippen LogP contribution in [0.25, 0.3) is 0 Å². The van der Waals surface area contributed by atoms with Crippen LogP contribution in [-0.2, 0) is 21.2 Å². The van der Waals surface area contributed by atoms with E-state index in [1.54, 1.807) is 6.07 Å². The SMILES string of the molecule is Cc1nn(C(F)F)cc1S(=O)(=O)N1CC(CN2CC[C@@H](O)C2)Cc2ncc(NC(=O)C(C)C(C)(C)C)cc21. The Labute approximate surface area is 222 Å².